The molecule has 128 valence electrons. The number of hydrogen-bond donors (Lipinski definition) is 1. The predicted octanol–water partition coefficient (Wildman–Crippen LogP) is 4.45. The molecule has 3 nitrogen and oxygen atoms in total. The van der Waals surface area contributed by atoms with E-state index in [0.717, 1.165) is 35.5 Å². The Morgan fingerprint density at radius 3 is 2.24 bits per heavy atom. The van der Waals surface area contributed by atoms with Crippen LogP contribution in [0.3, 0.4) is 0 Å². The fourth-order valence-electron chi connectivity index (χ4n) is 2.48. The summed E-state index contributed by atoms with van der Waals surface area (Å²) in [6, 6.07) is 17.6. The van der Waals surface area contributed by atoms with Gasteiger partial charge in [-0.05, 0) is 43.7 Å². The van der Waals surface area contributed by atoms with Crippen LogP contribution in [0.25, 0.3) is 5.57 Å². The van der Waals surface area contributed by atoms with E-state index in [-0.39, 0.29) is 0 Å². The Kier molecular flexibility index (Phi) is 6.86. The number of nitrogens with one attached hydrogen (secondary N) is 1. The van der Waals surface area contributed by atoms with Crippen LogP contribution in [0, 0.1) is 17.3 Å². The van der Waals surface area contributed by atoms with Crippen LogP contribution in [0.5, 0.6) is 5.75 Å². The molecule has 0 radical (unpaired) electrons. The Hall–Kier alpha value is -2.99. The Morgan fingerprint density at radius 1 is 1.04 bits per heavy atom. The third-order valence-corrected chi connectivity index (χ3v) is 3.94. The van der Waals surface area contributed by atoms with Gasteiger partial charge in [-0.3, -0.25) is 5.41 Å². The van der Waals surface area contributed by atoms with Crippen LogP contribution in [0.15, 0.2) is 60.7 Å². The first-order chi connectivity index (χ1) is 12.2. The average molecular weight is 332 g/mol. The fraction of sp³-hybridized carbons (Fsp3) is 0.227. The van der Waals surface area contributed by atoms with Crippen molar-refractivity contribution in [2.45, 2.75) is 13.8 Å². The second-order valence-electron chi connectivity index (χ2n) is 5.44. The first-order valence-electron chi connectivity index (χ1n) is 8.44. The second kappa shape index (κ2) is 9.34. The van der Waals surface area contributed by atoms with Gasteiger partial charge in [0.25, 0.3) is 0 Å². The number of methoxy groups -OCH3 is 1. The smallest absolute Gasteiger partial charge is 0.129 e. The number of allylic oxidation sites excluding steroid dienone is 1. The van der Waals surface area contributed by atoms with Crippen molar-refractivity contribution in [2.24, 2.45) is 0 Å². The molecule has 25 heavy (non-hydrogen) atoms. The van der Waals surface area contributed by atoms with Crippen LogP contribution >= 0.6 is 0 Å². The van der Waals surface area contributed by atoms with Crippen molar-refractivity contribution in [1.29, 1.82) is 5.41 Å². The van der Waals surface area contributed by atoms with Gasteiger partial charge in [0.2, 0.25) is 0 Å². The molecule has 0 amide bonds. The van der Waals surface area contributed by atoms with E-state index in [9.17, 15) is 0 Å². The van der Waals surface area contributed by atoms with Crippen molar-refractivity contribution in [3.63, 3.8) is 0 Å². The molecule has 0 atom stereocenters. The maximum atomic E-state index is 8.58. The summed E-state index contributed by atoms with van der Waals surface area (Å²) in [5, 5.41) is 8.58. The van der Waals surface area contributed by atoms with Crippen LogP contribution < -0.4 is 4.74 Å². The van der Waals surface area contributed by atoms with E-state index in [0.29, 0.717) is 5.84 Å². The lowest BCUT2D eigenvalue weighted by molar-refractivity contribution is 0.415. The number of rotatable bonds is 5. The molecule has 0 fully saturated rings. The maximum absolute atomic E-state index is 8.58. The number of ether oxygens (including phenoxy) is 1. The Balaban J connectivity index is 2.39. The van der Waals surface area contributed by atoms with Crippen LogP contribution in [0.1, 0.15) is 25.0 Å². The Morgan fingerprint density at radius 2 is 1.68 bits per heavy atom. The summed E-state index contributed by atoms with van der Waals surface area (Å²) in [5.74, 6) is 7.52. The zero-order chi connectivity index (χ0) is 18.1. The summed E-state index contributed by atoms with van der Waals surface area (Å²) >= 11 is 0. The van der Waals surface area contributed by atoms with Gasteiger partial charge >= 0.3 is 0 Å². The van der Waals surface area contributed by atoms with Gasteiger partial charge in [-0.15, -0.1) is 0 Å². The van der Waals surface area contributed by atoms with Gasteiger partial charge in [0, 0.05) is 30.3 Å². The summed E-state index contributed by atoms with van der Waals surface area (Å²) in [5.41, 5.74) is 2.73. The SMILES string of the molecule is CCN(CC)C(=N)/C(=C/C#Cc1ccccc1)c1ccc(OC)cc1. The first-order valence-corrected chi connectivity index (χ1v) is 8.44. The maximum Gasteiger partial charge on any atom is 0.129 e. The molecular formula is C22H24N2O. The molecule has 3 heteroatoms. The van der Waals surface area contributed by atoms with Gasteiger partial charge in [-0.1, -0.05) is 42.2 Å². The molecule has 2 aromatic carbocycles. The van der Waals surface area contributed by atoms with Crippen molar-refractivity contribution in [3.05, 3.63) is 71.8 Å². The van der Waals surface area contributed by atoms with E-state index < -0.39 is 0 Å². The van der Waals surface area contributed by atoms with E-state index in [2.05, 4.69) is 25.7 Å². The van der Waals surface area contributed by atoms with Gasteiger partial charge < -0.3 is 9.64 Å². The van der Waals surface area contributed by atoms with Crippen molar-refractivity contribution >= 4 is 11.4 Å². The molecule has 0 saturated carbocycles. The first kappa shape index (κ1) is 18.4. The molecule has 2 rings (SSSR count). The minimum atomic E-state index is 0.484. The Labute approximate surface area is 150 Å². The lowest BCUT2D eigenvalue weighted by Crippen LogP contribution is -2.30. The molecule has 0 aliphatic heterocycles. The van der Waals surface area contributed by atoms with E-state index in [1.54, 1.807) is 7.11 Å². The standard InChI is InChI=1S/C22H24N2O/c1-4-24(5-2)22(23)21(19-14-16-20(25-3)17-15-19)13-9-12-18-10-7-6-8-11-18/h6-8,10-11,13-17,23H,4-5H2,1-3H3/b21-13+,23-22?. The van der Waals surface area contributed by atoms with Crippen LogP contribution in [-0.2, 0) is 0 Å². The van der Waals surface area contributed by atoms with Gasteiger partial charge in [0.15, 0.2) is 0 Å². The predicted molar refractivity (Wildman–Crippen MR) is 105 cm³/mol. The zero-order valence-electron chi connectivity index (χ0n) is 15.0. The highest BCUT2D eigenvalue weighted by molar-refractivity contribution is 6.21. The molecule has 0 bridgehead atoms. The quantitative estimate of drug-likeness (QED) is 0.499. The Bertz CT molecular complexity index is 776. The van der Waals surface area contributed by atoms with E-state index in [1.165, 1.54) is 0 Å². The van der Waals surface area contributed by atoms with Crippen molar-refractivity contribution in [3.8, 4) is 17.6 Å². The molecule has 1 N–H and O–H groups in total. The summed E-state index contributed by atoms with van der Waals surface area (Å²) in [4.78, 5) is 2.01. The number of hydrogen-bond acceptors (Lipinski definition) is 2. The summed E-state index contributed by atoms with van der Waals surface area (Å²) in [6.07, 6.45) is 1.83. The third-order valence-electron chi connectivity index (χ3n) is 3.94. The van der Waals surface area contributed by atoms with Gasteiger partial charge in [-0.25, -0.2) is 0 Å². The summed E-state index contributed by atoms with van der Waals surface area (Å²) in [7, 11) is 1.65. The second-order valence-corrected chi connectivity index (χ2v) is 5.44. The molecule has 2 aromatic rings. The number of benzene rings is 2. The topological polar surface area (TPSA) is 36.3 Å². The average Bonchev–Trinajstić information content (AvgIpc) is 2.67. The molecule has 0 aliphatic rings. The van der Waals surface area contributed by atoms with E-state index in [4.69, 9.17) is 10.1 Å². The molecule has 0 spiro atoms. The normalized spacial score (nSPS) is 10.6. The third kappa shape index (κ3) is 4.99. The van der Waals surface area contributed by atoms with Gasteiger partial charge in [0.1, 0.15) is 11.6 Å². The fourth-order valence-corrected chi connectivity index (χ4v) is 2.48. The van der Waals surface area contributed by atoms with Crippen LogP contribution in [-0.4, -0.2) is 30.9 Å². The minimum Gasteiger partial charge on any atom is -0.497 e. The molecule has 0 aliphatic carbocycles. The summed E-state index contributed by atoms with van der Waals surface area (Å²) in [6.45, 7) is 5.68. The highest BCUT2D eigenvalue weighted by Crippen LogP contribution is 2.21. The van der Waals surface area contributed by atoms with Crippen LogP contribution in [0.4, 0.5) is 0 Å². The highest BCUT2D eigenvalue weighted by atomic mass is 16.5. The minimum absolute atomic E-state index is 0.484. The van der Waals surface area contributed by atoms with Crippen LogP contribution in [0.2, 0.25) is 0 Å². The van der Waals surface area contributed by atoms with Crippen molar-refractivity contribution in [1.82, 2.24) is 4.90 Å². The lowest BCUT2D eigenvalue weighted by atomic mass is 10.0. The highest BCUT2D eigenvalue weighted by Gasteiger charge is 2.13. The monoisotopic (exact) mass is 332 g/mol. The molecule has 0 saturated heterocycles. The van der Waals surface area contributed by atoms with E-state index >= 15 is 0 Å². The van der Waals surface area contributed by atoms with Gasteiger partial charge in [0.05, 0.1) is 7.11 Å². The largest absolute Gasteiger partial charge is 0.497 e. The van der Waals surface area contributed by atoms with Gasteiger partial charge in [-0.2, -0.15) is 0 Å². The number of amidine groups is 1. The van der Waals surface area contributed by atoms with Crippen molar-refractivity contribution in [2.75, 3.05) is 20.2 Å². The lowest BCUT2D eigenvalue weighted by Gasteiger charge is -2.23. The molecule has 0 aromatic heterocycles. The molecular weight excluding hydrogens is 308 g/mol. The summed E-state index contributed by atoms with van der Waals surface area (Å²) < 4.78 is 5.23. The molecule has 0 heterocycles. The van der Waals surface area contributed by atoms with E-state index in [1.807, 2.05) is 65.6 Å². The number of likely N-dealkylation sites (N-methyl/N-ethyl adjacent to an activating group) is 1. The number of nitrogens with zero attached hydrogens (tertiary/aromatic N) is 1. The van der Waals surface area contributed by atoms with Crippen molar-refractivity contribution < 1.29 is 4.74 Å². The molecule has 0 unspecified atom stereocenters. The zero-order valence-corrected chi connectivity index (χ0v) is 15.0.